The van der Waals surface area contributed by atoms with E-state index in [2.05, 4.69) is 163 Å². The Balaban J connectivity index is 0.000000243. The van der Waals surface area contributed by atoms with E-state index in [-0.39, 0.29) is 59.9 Å². The van der Waals surface area contributed by atoms with E-state index in [4.69, 9.17) is 23.4 Å². The maximum absolute atomic E-state index is 12.3. The van der Waals surface area contributed by atoms with Crippen LogP contribution in [-0.4, -0.2) is 54.1 Å². The molecular weight excluding hydrogens is 782 g/mol. The van der Waals surface area contributed by atoms with Gasteiger partial charge in [0, 0.05) is 16.2 Å². The Hall–Kier alpha value is -3.88. The fourth-order valence-electron chi connectivity index (χ4n) is 8.77. The Morgan fingerprint density at radius 2 is 0.873 bits per heavy atom. The topological polar surface area (TPSA) is 83.5 Å². The highest BCUT2D eigenvalue weighted by Gasteiger charge is 2.53. The standard InChI is InChI=1S/C30H43BO4.C24H33BO3/c1-11-30(12-2,23-15-18-25(21(3)19-23)33-20-26(32)27(4,5)6)22-13-16-24(17-14-22)31-34-28(7,8)29(9,10)35-31;1-8-24(9-2,19-12-15-21(26)17(3)16-19)18-10-13-20(14-11-18)25-27-22(4,5)23(6,7)28-25/h13-19H,11-12,20H2,1-10H3;10-16,26H,8-9H2,1-7H3. The third kappa shape index (κ3) is 10.0. The van der Waals surface area contributed by atoms with Gasteiger partial charge in [-0.05, 0) is 151 Å². The molecule has 340 valence electrons. The lowest BCUT2D eigenvalue weighted by molar-refractivity contribution is -0.128. The van der Waals surface area contributed by atoms with Crippen molar-refractivity contribution in [1.82, 2.24) is 0 Å². The molecule has 0 saturated carbocycles. The largest absolute Gasteiger partial charge is 0.508 e. The number of phenols is 1. The van der Waals surface area contributed by atoms with Crippen LogP contribution in [0, 0.1) is 19.3 Å². The number of aromatic hydroxyl groups is 1. The number of Topliss-reactive ketones (excluding diaryl/α,β-unsaturated/α-hetero) is 1. The van der Waals surface area contributed by atoms with Crippen LogP contribution in [0.4, 0.5) is 0 Å². The van der Waals surface area contributed by atoms with Crippen molar-refractivity contribution in [3.05, 3.63) is 118 Å². The summed E-state index contributed by atoms with van der Waals surface area (Å²) >= 11 is 0. The number of ether oxygens (including phenoxy) is 1. The third-order valence-electron chi connectivity index (χ3n) is 15.1. The smallest absolute Gasteiger partial charge is 0.494 e. The van der Waals surface area contributed by atoms with Crippen molar-refractivity contribution in [2.24, 2.45) is 5.41 Å². The molecule has 4 aromatic rings. The highest BCUT2D eigenvalue weighted by atomic mass is 16.7. The highest BCUT2D eigenvalue weighted by Crippen LogP contribution is 2.43. The summed E-state index contributed by atoms with van der Waals surface area (Å²) in [5, 5.41) is 9.94. The summed E-state index contributed by atoms with van der Waals surface area (Å²) in [6.07, 6.45) is 3.93. The van der Waals surface area contributed by atoms with Gasteiger partial charge in [-0.15, -0.1) is 0 Å². The van der Waals surface area contributed by atoms with Gasteiger partial charge in [0.1, 0.15) is 18.1 Å². The lowest BCUT2D eigenvalue weighted by Crippen LogP contribution is -2.41. The molecule has 2 aliphatic heterocycles. The minimum atomic E-state index is -0.403. The molecule has 0 radical (unpaired) electrons. The molecule has 0 atom stereocenters. The normalized spacial score (nSPS) is 17.9. The molecule has 7 nitrogen and oxygen atoms in total. The summed E-state index contributed by atoms with van der Waals surface area (Å²) in [7, 11) is -0.700. The fourth-order valence-corrected chi connectivity index (χ4v) is 8.77. The number of aryl methyl sites for hydroxylation is 2. The SMILES string of the molecule is CCC(CC)(c1ccc(B2OC(C)(C)C(C)(C)O2)cc1)c1ccc(O)c(C)c1.CCC(CC)(c1ccc(B2OC(C)(C)C(C)(C)O2)cc1)c1ccc(OCC(=O)C(C)(C)C)c(C)c1. The second-order valence-electron chi connectivity index (χ2n) is 20.9. The zero-order valence-corrected chi connectivity index (χ0v) is 41.7. The van der Waals surface area contributed by atoms with E-state index in [9.17, 15) is 9.90 Å². The first-order chi connectivity index (χ1) is 29.2. The monoisotopic (exact) mass is 859 g/mol. The van der Waals surface area contributed by atoms with E-state index in [1.807, 2.05) is 39.8 Å². The maximum atomic E-state index is 12.3. The first-order valence-electron chi connectivity index (χ1n) is 23.2. The van der Waals surface area contributed by atoms with E-state index < -0.39 is 5.41 Å². The molecule has 0 bridgehead atoms. The minimum Gasteiger partial charge on any atom is -0.508 e. The van der Waals surface area contributed by atoms with E-state index in [0.717, 1.165) is 53.5 Å². The van der Waals surface area contributed by atoms with Crippen LogP contribution in [-0.2, 0) is 34.2 Å². The average molecular weight is 859 g/mol. The van der Waals surface area contributed by atoms with Crippen molar-refractivity contribution in [3.8, 4) is 11.5 Å². The van der Waals surface area contributed by atoms with E-state index in [1.165, 1.54) is 22.3 Å². The van der Waals surface area contributed by atoms with Gasteiger partial charge in [0.25, 0.3) is 0 Å². The lowest BCUT2D eigenvalue weighted by atomic mass is 9.69. The van der Waals surface area contributed by atoms with Crippen LogP contribution in [0.2, 0.25) is 0 Å². The van der Waals surface area contributed by atoms with Crippen LogP contribution in [0.3, 0.4) is 0 Å². The molecule has 0 spiro atoms. The van der Waals surface area contributed by atoms with Gasteiger partial charge < -0.3 is 28.5 Å². The summed E-state index contributed by atoms with van der Waals surface area (Å²) in [4.78, 5) is 12.3. The molecule has 9 heteroatoms. The van der Waals surface area contributed by atoms with Gasteiger partial charge in [0.2, 0.25) is 0 Å². The zero-order valence-electron chi connectivity index (χ0n) is 41.7. The van der Waals surface area contributed by atoms with Crippen molar-refractivity contribution in [3.63, 3.8) is 0 Å². The number of hydrogen-bond acceptors (Lipinski definition) is 7. The van der Waals surface area contributed by atoms with Gasteiger partial charge in [0.15, 0.2) is 5.78 Å². The number of ketones is 1. The van der Waals surface area contributed by atoms with Gasteiger partial charge >= 0.3 is 14.2 Å². The molecule has 0 aromatic heterocycles. The zero-order chi connectivity index (χ0) is 47.0. The Bertz CT molecular complexity index is 2160. The average Bonchev–Trinajstić information content (AvgIpc) is 3.59. The van der Waals surface area contributed by atoms with Gasteiger partial charge in [-0.25, -0.2) is 0 Å². The molecular formula is C54H76B2O7. The molecule has 63 heavy (non-hydrogen) atoms. The number of carbonyl (C=O) groups is 1. The van der Waals surface area contributed by atoms with Crippen molar-refractivity contribution >= 4 is 30.9 Å². The van der Waals surface area contributed by atoms with Gasteiger partial charge in [0.05, 0.1) is 22.4 Å². The van der Waals surface area contributed by atoms with Crippen LogP contribution in [0.1, 0.15) is 163 Å². The number of phenolic OH excluding ortho intramolecular Hbond substituents is 1. The number of hydrogen-bond donors (Lipinski definition) is 1. The predicted molar refractivity (Wildman–Crippen MR) is 261 cm³/mol. The quantitative estimate of drug-likeness (QED) is 0.134. The van der Waals surface area contributed by atoms with Crippen LogP contribution in [0.5, 0.6) is 11.5 Å². The van der Waals surface area contributed by atoms with E-state index in [1.54, 1.807) is 0 Å². The molecule has 2 heterocycles. The summed E-state index contributed by atoms with van der Waals surface area (Å²) in [5.41, 5.74) is 7.13. The lowest BCUT2D eigenvalue weighted by Gasteiger charge is -2.34. The Morgan fingerprint density at radius 1 is 0.540 bits per heavy atom. The molecule has 2 fully saturated rings. The third-order valence-corrected chi connectivity index (χ3v) is 15.1. The number of carbonyl (C=O) groups excluding carboxylic acids is 1. The summed E-state index contributed by atoms with van der Waals surface area (Å²) in [5.74, 6) is 1.21. The fraction of sp³-hybridized carbons (Fsp3) is 0.537. The molecule has 1 N–H and O–H groups in total. The number of rotatable bonds is 13. The first kappa shape index (κ1) is 50.1. The molecule has 0 amide bonds. The molecule has 4 aromatic carbocycles. The van der Waals surface area contributed by atoms with Crippen molar-refractivity contribution in [1.29, 1.82) is 0 Å². The van der Waals surface area contributed by atoms with Gasteiger partial charge in [-0.1, -0.05) is 121 Å². The second kappa shape index (κ2) is 18.5. The summed E-state index contributed by atoms with van der Waals surface area (Å²) < 4.78 is 30.8. The van der Waals surface area contributed by atoms with Crippen molar-refractivity contribution in [2.75, 3.05) is 6.61 Å². The first-order valence-corrected chi connectivity index (χ1v) is 23.2. The number of benzene rings is 4. The van der Waals surface area contributed by atoms with E-state index >= 15 is 0 Å². The molecule has 2 aliphatic rings. The molecule has 6 rings (SSSR count). The highest BCUT2D eigenvalue weighted by molar-refractivity contribution is 6.62. The summed E-state index contributed by atoms with van der Waals surface area (Å²) in [6.45, 7) is 35.4. The van der Waals surface area contributed by atoms with Gasteiger partial charge in [-0.2, -0.15) is 0 Å². The molecule has 0 unspecified atom stereocenters. The Morgan fingerprint density at radius 3 is 1.19 bits per heavy atom. The molecule has 2 saturated heterocycles. The van der Waals surface area contributed by atoms with Crippen LogP contribution in [0.15, 0.2) is 84.9 Å². The Labute approximate surface area is 381 Å². The van der Waals surface area contributed by atoms with Gasteiger partial charge in [-0.3, -0.25) is 4.79 Å². The second-order valence-corrected chi connectivity index (χ2v) is 20.9. The van der Waals surface area contributed by atoms with Crippen LogP contribution >= 0.6 is 0 Å². The summed E-state index contributed by atoms with van der Waals surface area (Å²) in [6, 6.07) is 29.7. The van der Waals surface area contributed by atoms with Crippen LogP contribution < -0.4 is 15.7 Å². The van der Waals surface area contributed by atoms with Crippen molar-refractivity contribution in [2.45, 2.75) is 177 Å². The molecule has 0 aliphatic carbocycles. The maximum Gasteiger partial charge on any atom is 0.494 e. The predicted octanol–water partition coefficient (Wildman–Crippen LogP) is 11.5. The minimum absolute atomic E-state index is 0.0765. The van der Waals surface area contributed by atoms with E-state index in [0.29, 0.717) is 5.75 Å². The Kier molecular flexibility index (Phi) is 14.8. The van der Waals surface area contributed by atoms with Crippen molar-refractivity contribution < 1.29 is 33.3 Å². The van der Waals surface area contributed by atoms with Crippen LogP contribution in [0.25, 0.3) is 0 Å².